The maximum absolute atomic E-state index is 12.7. The number of aromatic nitrogens is 2. The molecule has 9 nitrogen and oxygen atoms in total. The number of esters is 1. The number of rotatable bonds is 3. The molecule has 1 amide bonds. The van der Waals surface area contributed by atoms with Crippen molar-refractivity contribution in [2.45, 2.75) is 32.9 Å². The van der Waals surface area contributed by atoms with Gasteiger partial charge in [-0.25, -0.2) is 9.59 Å². The van der Waals surface area contributed by atoms with E-state index in [9.17, 15) is 14.4 Å². The Morgan fingerprint density at radius 1 is 1.16 bits per heavy atom. The highest BCUT2D eigenvalue weighted by atomic mass is 16.6. The molecule has 1 aliphatic heterocycles. The Kier molecular flexibility index (Phi) is 5.33. The number of carbonyl (C=O) groups is 3. The monoisotopic (exact) mass is 437 g/mol. The third-order valence-corrected chi connectivity index (χ3v) is 4.86. The Balaban J connectivity index is 1.75. The SMILES string of the molecule is COC(=O)c1ccc2c(c1)N(Cc1nn(C(=O)OC(C)(C)C)c3ccccc13)C(=O)CO2. The number of hydrogen-bond acceptors (Lipinski definition) is 7. The van der Waals surface area contributed by atoms with Crippen LogP contribution in [0.15, 0.2) is 42.5 Å². The summed E-state index contributed by atoms with van der Waals surface area (Å²) < 4.78 is 17.0. The summed E-state index contributed by atoms with van der Waals surface area (Å²) in [6.07, 6.45) is -0.610. The van der Waals surface area contributed by atoms with Crippen LogP contribution in [0.1, 0.15) is 36.8 Å². The molecule has 0 saturated carbocycles. The molecule has 0 saturated heterocycles. The molecule has 0 bridgehead atoms. The van der Waals surface area contributed by atoms with E-state index in [-0.39, 0.29) is 19.1 Å². The van der Waals surface area contributed by atoms with Gasteiger partial charge in [-0.05, 0) is 45.0 Å². The lowest BCUT2D eigenvalue weighted by molar-refractivity contribution is -0.121. The fourth-order valence-corrected chi connectivity index (χ4v) is 3.46. The van der Waals surface area contributed by atoms with Gasteiger partial charge in [-0.1, -0.05) is 18.2 Å². The van der Waals surface area contributed by atoms with Crippen molar-refractivity contribution >= 4 is 34.6 Å². The van der Waals surface area contributed by atoms with Gasteiger partial charge in [0.1, 0.15) is 11.4 Å². The van der Waals surface area contributed by atoms with Crippen LogP contribution in [-0.2, 0) is 20.8 Å². The molecule has 2 heterocycles. The van der Waals surface area contributed by atoms with Crippen LogP contribution >= 0.6 is 0 Å². The number of ether oxygens (including phenoxy) is 3. The molecule has 0 atom stereocenters. The van der Waals surface area contributed by atoms with Gasteiger partial charge in [0.05, 0.1) is 36.1 Å². The number of benzene rings is 2. The van der Waals surface area contributed by atoms with Crippen molar-refractivity contribution in [2.75, 3.05) is 18.6 Å². The van der Waals surface area contributed by atoms with E-state index in [1.165, 1.54) is 16.7 Å². The van der Waals surface area contributed by atoms with Crippen LogP contribution in [0.2, 0.25) is 0 Å². The van der Waals surface area contributed by atoms with Crippen LogP contribution in [0.25, 0.3) is 10.9 Å². The lowest BCUT2D eigenvalue weighted by Crippen LogP contribution is -2.38. The third kappa shape index (κ3) is 4.01. The van der Waals surface area contributed by atoms with Crippen LogP contribution < -0.4 is 9.64 Å². The first-order chi connectivity index (χ1) is 15.2. The Labute approximate surface area is 184 Å². The molecule has 9 heteroatoms. The summed E-state index contributed by atoms with van der Waals surface area (Å²) in [5.41, 5.74) is 1.11. The second-order valence-electron chi connectivity index (χ2n) is 8.30. The first kappa shape index (κ1) is 21.4. The average molecular weight is 437 g/mol. The molecule has 4 rings (SSSR count). The maximum atomic E-state index is 12.7. The molecular formula is C23H23N3O6. The molecular weight excluding hydrogens is 414 g/mol. The molecule has 0 radical (unpaired) electrons. The standard InChI is InChI=1S/C23H23N3O6/c1-23(2,3)32-22(29)26-17-8-6-5-7-15(17)16(24-26)12-25-18-11-14(21(28)30-4)9-10-19(18)31-13-20(25)27/h5-11H,12-13H2,1-4H3. The van der Waals surface area contributed by atoms with Gasteiger partial charge in [-0.3, -0.25) is 9.69 Å². The summed E-state index contributed by atoms with van der Waals surface area (Å²) in [5, 5.41) is 5.18. The normalized spacial score (nSPS) is 13.5. The van der Waals surface area contributed by atoms with Gasteiger partial charge in [-0.15, -0.1) is 0 Å². The predicted octanol–water partition coefficient (Wildman–Crippen LogP) is 3.53. The van der Waals surface area contributed by atoms with E-state index in [1.54, 1.807) is 51.1 Å². The Hall–Kier alpha value is -3.88. The molecule has 0 aliphatic carbocycles. The van der Waals surface area contributed by atoms with Crippen molar-refractivity contribution in [3.63, 3.8) is 0 Å². The summed E-state index contributed by atoms with van der Waals surface area (Å²) in [6, 6.07) is 12.0. The van der Waals surface area contributed by atoms with E-state index < -0.39 is 17.7 Å². The van der Waals surface area contributed by atoms with E-state index in [0.717, 1.165) is 0 Å². The zero-order valence-corrected chi connectivity index (χ0v) is 18.2. The summed E-state index contributed by atoms with van der Waals surface area (Å²) in [7, 11) is 1.29. The van der Waals surface area contributed by atoms with Crippen molar-refractivity contribution in [3.8, 4) is 5.75 Å². The van der Waals surface area contributed by atoms with Gasteiger partial charge in [-0.2, -0.15) is 9.78 Å². The van der Waals surface area contributed by atoms with E-state index >= 15 is 0 Å². The molecule has 0 N–H and O–H groups in total. The lowest BCUT2D eigenvalue weighted by Gasteiger charge is -2.29. The molecule has 1 aliphatic rings. The number of anilines is 1. The third-order valence-electron chi connectivity index (χ3n) is 4.86. The van der Waals surface area contributed by atoms with Crippen molar-refractivity contribution in [2.24, 2.45) is 0 Å². The highest BCUT2D eigenvalue weighted by Gasteiger charge is 2.29. The van der Waals surface area contributed by atoms with Crippen molar-refractivity contribution in [1.29, 1.82) is 0 Å². The predicted molar refractivity (Wildman–Crippen MR) is 116 cm³/mol. The minimum absolute atomic E-state index is 0.0795. The number of carbonyl (C=O) groups excluding carboxylic acids is 3. The van der Waals surface area contributed by atoms with E-state index in [0.29, 0.717) is 33.6 Å². The number of para-hydroxylation sites is 1. The first-order valence-electron chi connectivity index (χ1n) is 10.0. The van der Waals surface area contributed by atoms with Gasteiger partial charge < -0.3 is 14.2 Å². The van der Waals surface area contributed by atoms with Crippen molar-refractivity contribution in [1.82, 2.24) is 9.78 Å². The molecule has 0 fully saturated rings. The lowest BCUT2D eigenvalue weighted by atomic mass is 10.1. The number of nitrogens with zero attached hydrogens (tertiary/aromatic N) is 3. The minimum atomic E-state index is -0.687. The smallest absolute Gasteiger partial charge is 0.435 e. The summed E-state index contributed by atoms with van der Waals surface area (Å²) in [5.74, 6) is -0.353. The Morgan fingerprint density at radius 2 is 1.91 bits per heavy atom. The number of amides is 1. The molecule has 32 heavy (non-hydrogen) atoms. The molecule has 166 valence electrons. The van der Waals surface area contributed by atoms with Gasteiger partial charge >= 0.3 is 12.1 Å². The van der Waals surface area contributed by atoms with Gasteiger partial charge in [0, 0.05) is 5.39 Å². The highest BCUT2D eigenvalue weighted by molar-refractivity contribution is 6.00. The van der Waals surface area contributed by atoms with Crippen LogP contribution in [0, 0.1) is 0 Å². The minimum Gasteiger partial charge on any atom is -0.482 e. The average Bonchev–Trinajstić information content (AvgIpc) is 3.12. The van der Waals surface area contributed by atoms with Crippen molar-refractivity contribution in [3.05, 3.63) is 53.7 Å². The largest absolute Gasteiger partial charge is 0.482 e. The summed E-state index contributed by atoms with van der Waals surface area (Å²) in [4.78, 5) is 38.9. The second kappa shape index (κ2) is 7.99. The Morgan fingerprint density at radius 3 is 2.62 bits per heavy atom. The summed E-state index contributed by atoms with van der Waals surface area (Å²) >= 11 is 0. The van der Waals surface area contributed by atoms with Gasteiger partial charge in [0.15, 0.2) is 6.61 Å². The van der Waals surface area contributed by atoms with Crippen LogP contribution in [0.4, 0.5) is 10.5 Å². The fraction of sp³-hybridized carbons (Fsp3) is 0.304. The van der Waals surface area contributed by atoms with E-state index in [2.05, 4.69) is 5.10 Å². The number of hydrogen-bond donors (Lipinski definition) is 0. The van der Waals surface area contributed by atoms with E-state index in [4.69, 9.17) is 14.2 Å². The zero-order chi connectivity index (χ0) is 23.0. The maximum Gasteiger partial charge on any atom is 0.435 e. The second-order valence-corrected chi connectivity index (χ2v) is 8.30. The van der Waals surface area contributed by atoms with Crippen LogP contribution in [0.5, 0.6) is 5.75 Å². The van der Waals surface area contributed by atoms with Crippen molar-refractivity contribution < 1.29 is 28.6 Å². The molecule has 3 aromatic rings. The zero-order valence-electron chi connectivity index (χ0n) is 18.2. The highest BCUT2D eigenvalue weighted by Crippen LogP contribution is 2.35. The fourth-order valence-electron chi connectivity index (χ4n) is 3.46. The number of fused-ring (bicyclic) bond motifs is 2. The molecule has 0 spiro atoms. The molecule has 0 unspecified atom stereocenters. The first-order valence-corrected chi connectivity index (χ1v) is 10.0. The van der Waals surface area contributed by atoms with Gasteiger partial charge in [0.2, 0.25) is 0 Å². The molecule has 2 aromatic carbocycles. The molecule has 1 aromatic heterocycles. The number of methoxy groups -OCH3 is 1. The quantitative estimate of drug-likeness (QED) is 0.578. The topological polar surface area (TPSA) is 100.0 Å². The van der Waals surface area contributed by atoms with Crippen LogP contribution in [-0.4, -0.2) is 47.1 Å². The van der Waals surface area contributed by atoms with Gasteiger partial charge in [0.25, 0.3) is 5.91 Å². The van der Waals surface area contributed by atoms with Crippen LogP contribution in [0.3, 0.4) is 0 Å². The Bertz CT molecular complexity index is 1220. The van der Waals surface area contributed by atoms with E-state index in [1.807, 2.05) is 12.1 Å². The summed E-state index contributed by atoms with van der Waals surface area (Å²) in [6.45, 7) is 5.27.